The van der Waals surface area contributed by atoms with E-state index in [-0.39, 0.29) is 24.0 Å². The number of guanidine groups is 1. The highest BCUT2D eigenvalue weighted by atomic mass is 127. The molecular formula is C18H31IN4O2S. The summed E-state index contributed by atoms with van der Waals surface area (Å²) in [6, 6.07) is 7.12. The molecule has 6 nitrogen and oxygen atoms in total. The summed E-state index contributed by atoms with van der Waals surface area (Å²) in [6.07, 6.45) is 5.43. The third-order valence-electron chi connectivity index (χ3n) is 4.38. The maximum atomic E-state index is 12.5. The first-order valence-corrected chi connectivity index (χ1v) is 10.6. The van der Waals surface area contributed by atoms with E-state index in [1.807, 2.05) is 12.1 Å². The summed E-state index contributed by atoms with van der Waals surface area (Å²) in [7, 11) is -1.58. The summed E-state index contributed by atoms with van der Waals surface area (Å²) in [4.78, 5) is 4.58. The van der Waals surface area contributed by atoms with Gasteiger partial charge >= 0.3 is 0 Å². The molecule has 1 aliphatic heterocycles. The highest BCUT2D eigenvalue weighted by Gasteiger charge is 2.26. The summed E-state index contributed by atoms with van der Waals surface area (Å²) in [5.74, 6) is 0.768. The van der Waals surface area contributed by atoms with Crippen LogP contribution in [0.2, 0.25) is 0 Å². The van der Waals surface area contributed by atoms with Gasteiger partial charge in [0, 0.05) is 33.2 Å². The second-order valence-corrected chi connectivity index (χ2v) is 8.25. The van der Waals surface area contributed by atoms with Gasteiger partial charge in [-0.15, -0.1) is 24.0 Å². The van der Waals surface area contributed by atoms with Gasteiger partial charge in [-0.05, 0) is 37.0 Å². The van der Waals surface area contributed by atoms with E-state index in [0.717, 1.165) is 37.3 Å². The minimum Gasteiger partial charge on any atom is -0.356 e. The molecule has 0 amide bonds. The summed E-state index contributed by atoms with van der Waals surface area (Å²) in [5, 5.41) is 6.54. The molecule has 148 valence electrons. The topological polar surface area (TPSA) is 73.8 Å². The van der Waals surface area contributed by atoms with E-state index in [2.05, 4.69) is 22.5 Å². The van der Waals surface area contributed by atoms with Crippen molar-refractivity contribution in [3.8, 4) is 0 Å². The molecule has 1 aromatic carbocycles. The lowest BCUT2D eigenvalue weighted by molar-refractivity contribution is 0.477. The second-order valence-electron chi connectivity index (χ2n) is 6.31. The van der Waals surface area contributed by atoms with E-state index in [1.54, 1.807) is 23.5 Å². The zero-order chi connectivity index (χ0) is 18.1. The molecule has 0 aromatic heterocycles. The Labute approximate surface area is 174 Å². The van der Waals surface area contributed by atoms with Crippen LogP contribution in [0.25, 0.3) is 0 Å². The molecule has 26 heavy (non-hydrogen) atoms. The van der Waals surface area contributed by atoms with E-state index in [0.29, 0.717) is 24.5 Å². The van der Waals surface area contributed by atoms with E-state index in [1.165, 1.54) is 12.8 Å². The van der Waals surface area contributed by atoms with Crippen molar-refractivity contribution in [3.63, 3.8) is 0 Å². The van der Waals surface area contributed by atoms with Gasteiger partial charge in [-0.2, -0.15) is 4.31 Å². The van der Waals surface area contributed by atoms with Crippen LogP contribution >= 0.6 is 24.0 Å². The number of hydrogen-bond donors (Lipinski definition) is 2. The predicted octanol–water partition coefficient (Wildman–Crippen LogP) is 2.94. The largest absolute Gasteiger partial charge is 0.356 e. The van der Waals surface area contributed by atoms with Crippen molar-refractivity contribution in [1.82, 2.24) is 14.9 Å². The maximum absolute atomic E-state index is 12.5. The van der Waals surface area contributed by atoms with E-state index in [9.17, 15) is 8.42 Å². The number of nitrogens with zero attached hydrogens (tertiary/aromatic N) is 2. The third-order valence-corrected chi connectivity index (χ3v) is 6.30. The molecule has 0 atom stereocenters. The Bertz CT molecular complexity index is 656. The highest BCUT2D eigenvalue weighted by Crippen LogP contribution is 2.21. The zero-order valence-corrected chi connectivity index (χ0v) is 18.8. The van der Waals surface area contributed by atoms with Gasteiger partial charge in [0.05, 0.1) is 4.90 Å². The Kier molecular flexibility index (Phi) is 10.5. The lowest BCUT2D eigenvalue weighted by Gasteiger charge is -2.16. The standard InChI is InChI=1S/C18H30N4O2S.HI/c1-3-4-5-12-20-18(19-2)21-15-16-8-10-17(11-9-16)25(23,24)22-13-6-7-14-22;/h8-11H,3-7,12-15H2,1-2H3,(H2,19,20,21);1H. The van der Waals surface area contributed by atoms with Gasteiger partial charge in [-0.3, -0.25) is 4.99 Å². The number of halogens is 1. The number of benzene rings is 1. The van der Waals surface area contributed by atoms with Crippen molar-refractivity contribution >= 4 is 40.0 Å². The van der Waals surface area contributed by atoms with Gasteiger partial charge in [0.25, 0.3) is 0 Å². The smallest absolute Gasteiger partial charge is 0.243 e. The van der Waals surface area contributed by atoms with Crippen molar-refractivity contribution in [2.75, 3.05) is 26.7 Å². The number of rotatable bonds is 8. The van der Waals surface area contributed by atoms with E-state index >= 15 is 0 Å². The summed E-state index contributed by atoms with van der Waals surface area (Å²) >= 11 is 0. The van der Waals surface area contributed by atoms with Crippen molar-refractivity contribution < 1.29 is 8.42 Å². The fourth-order valence-corrected chi connectivity index (χ4v) is 4.36. The van der Waals surface area contributed by atoms with Crippen LogP contribution in [0.1, 0.15) is 44.6 Å². The highest BCUT2D eigenvalue weighted by molar-refractivity contribution is 14.0. The lowest BCUT2D eigenvalue weighted by Crippen LogP contribution is -2.37. The van der Waals surface area contributed by atoms with Gasteiger partial charge in [0.15, 0.2) is 5.96 Å². The van der Waals surface area contributed by atoms with Crippen molar-refractivity contribution in [1.29, 1.82) is 0 Å². The van der Waals surface area contributed by atoms with Crippen LogP contribution in [0.3, 0.4) is 0 Å². The van der Waals surface area contributed by atoms with E-state index < -0.39 is 10.0 Å². The number of sulfonamides is 1. The van der Waals surface area contributed by atoms with Crippen LogP contribution in [0.5, 0.6) is 0 Å². The Hall–Kier alpha value is -0.870. The minimum atomic E-state index is -3.33. The predicted molar refractivity (Wildman–Crippen MR) is 118 cm³/mol. The average Bonchev–Trinajstić information content (AvgIpc) is 3.17. The Balaban J connectivity index is 0.00000338. The monoisotopic (exact) mass is 494 g/mol. The zero-order valence-electron chi connectivity index (χ0n) is 15.7. The lowest BCUT2D eigenvalue weighted by atomic mass is 10.2. The van der Waals surface area contributed by atoms with Crippen molar-refractivity contribution in [3.05, 3.63) is 29.8 Å². The fraction of sp³-hybridized carbons (Fsp3) is 0.611. The number of hydrogen-bond acceptors (Lipinski definition) is 3. The molecule has 1 heterocycles. The molecule has 1 saturated heterocycles. The first-order chi connectivity index (χ1) is 12.1. The molecule has 0 spiro atoms. The molecule has 1 fully saturated rings. The van der Waals surface area contributed by atoms with Gasteiger partial charge in [-0.25, -0.2) is 8.42 Å². The first-order valence-electron chi connectivity index (χ1n) is 9.11. The second kappa shape index (κ2) is 11.8. The maximum Gasteiger partial charge on any atom is 0.243 e. The van der Waals surface area contributed by atoms with Crippen molar-refractivity contribution in [2.45, 2.75) is 50.5 Å². The SMILES string of the molecule is CCCCCNC(=NC)NCc1ccc(S(=O)(=O)N2CCCC2)cc1.I. The van der Waals surface area contributed by atoms with Crippen LogP contribution in [0.4, 0.5) is 0 Å². The van der Waals surface area contributed by atoms with Crippen LogP contribution < -0.4 is 10.6 Å². The fourth-order valence-electron chi connectivity index (χ4n) is 2.85. The molecule has 0 unspecified atom stereocenters. The molecule has 2 rings (SSSR count). The molecule has 0 saturated carbocycles. The molecule has 1 aromatic rings. The van der Waals surface area contributed by atoms with Gasteiger partial charge < -0.3 is 10.6 Å². The number of unbranched alkanes of at least 4 members (excludes halogenated alkanes) is 2. The summed E-state index contributed by atoms with van der Waals surface area (Å²) in [5.41, 5.74) is 1.02. The van der Waals surface area contributed by atoms with Crippen LogP contribution in [0, 0.1) is 0 Å². The van der Waals surface area contributed by atoms with Gasteiger partial charge in [-0.1, -0.05) is 31.9 Å². The summed E-state index contributed by atoms with van der Waals surface area (Å²) in [6.45, 7) is 4.95. The Morgan fingerprint density at radius 2 is 1.77 bits per heavy atom. The van der Waals surface area contributed by atoms with Crippen LogP contribution in [0.15, 0.2) is 34.2 Å². The molecule has 0 aliphatic carbocycles. The molecule has 2 N–H and O–H groups in total. The number of nitrogens with one attached hydrogen (secondary N) is 2. The molecule has 8 heteroatoms. The normalized spacial score (nSPS) is 15.5. The molecular weight excluding hydrogens is 463 g/mol. The van der Waals surface area contributed by atoms with Crippen LogP contribution in [-0.4, -0.2) is 45.4 Å². The Morgan fingerprint density at radius 3 is 2.35 bits per heavy atom. The molecule has 0 radical (unpaired) electrons. The Morgan fingerprint density at radius 1 is 1.12 bits per heavy atom. The van der Waals surface area contributed by atoms with Gasteiger partial charge in [0.1, 0.15) is 0 Å². The first kappa shape index (κ1) is 23.2. The number of aliphatic imine (C=N–C) groups is 1. The molecule has 0 bridgehead atoms. The van der Waals surface area contributed by atoms with Crippen molar-refractivity contribution in [2.24, 2.45) is 4.99 Å². The third kappa shape index (κ3) is 6.70. The summed E-state index contributed by atoms with van der Waals surface area (Å²) < 4.78 is 26.6. The van der Waals surface area contributed by atoms with Crippen LogP contribution in [-0.2, 0) is 16.6 Å². The minimum absolute atomic E-state index is 0. The molecule has 1 aliphatic rings. The van der Waals surface area contributed by atoms with Gasteiger partial charge in [0.2, 0.25) is 10.0 Å². The average molecular weight is 494 g/mol. The van der Waals surface area contributed by atoms with E-state index in [4.69, 9.17) is 0 Å². The quantitative estimate of drug-likeness (QED) is 0.252.